The zero-order valence-corrected chi connectivity index (χ0v) is 14.6. The molecule has 0 aliphatic heterocycles. The van der Waals surface area contributed by atoms with Gasteiger partial charge in [0.15, 0.2) is 0 Å². The van der Waals surface area contributed by atoms with E-state index in [4.69, 9.17) is 4.74 Å². The van der Waals surface area contributed by atoms with E-state index < -0.39 is 17.6 Å². The van der Waals surface area contributed by atoms with Gasteiger partial charge in [0.2, 0.25) is 0 Å². The number of alkyl carbamates (subject to hydrolysis) is 1. The summed E-state index contributed by atoms with van der Waals surface area (Å²) in [4.78, 5) is 24.3. The molecule has 5 heteroatoms. The Bertz CT molecular complexity index is 572. The van der Waals surface area contributed by atoms with Crippen LogP contribution in [0, 0.1) is 17.8 Å². The molecule has 1 fully saturated rings. The third-order valence-corrected chi connectivity index (χ3v) is 5.00. The third-order valence-electron chi connectivity index (χ3n) is 5.00. The van der Waals surface area contributed by atoms with Crippen LogP contribution in [0.4, 0.5) is 4.79 Å². The van der Waals surface area contributed by atoms with Gasteiger partial charge < -0.3 is 15.2 Å². The Balaban J connectivity index is 2.10. The summed E-state index contributed by atoms with van der Waals surface area (Å²) in [6, 6.07) is 9.35. The van der Waals surface area contributed by atoms with Gasteiger partial charge in [0.1, 0.15) is 12.1 Å². The van der Waals surface area contributed by atoms with Crippen molar-refractivity contribution in [3.63, 3.8) is 0 Å². The number of hydrogen-bond donors (Lipinski definition) is 2. The number of carbonyl (C=O) groups excluding carboxylic acids is 1. The molecule has 1 aromatic rings. The number of carbonyl (C=O) groups is 2. The molecule has 3 unspecified atom stereocenters. The number of carboxylic acids is 1. The summed E-state index contributed by atoms with van der Waals surface area (Å²) in [5, 5.41) is 12.6. The number of rotatable bonds is 5. The van der Waals surface area contributed by atoms with E-state index in [9.17, 15) is 14.7 Å². The van der Waals surface area contributed by atoms with Crippen LogP contribution in [0.3, 0.4) is 0 Å². The van der Waals surface area contributed by atoms with E-state index >= 15 is 0 Å². The first kappa shape index (κ1) is 18.3. The predicted molar refractivity (Wildman–Crippen MR) is 91.5 cm³/mol. The van der Waals surface area contributed by atoms with Crippen LogP contribution < -0.4 is 5.32 Å². The van der Waals surface area contributed by atoms with Crippen molar-refractivity contribution in [2.45, 2.75) is 52.2 Å². The molecule has 2 rings (SSSR count). The van der Waals surface area contributed by atoms with Crippen LogP contribution in [0.15, 0.2) is 30.3 Å². The Morgan fingerprint density at radius 1 is 1.29 bits per heavy atom. The summed E-state index contributed by atoms with van der Waals surface area (Å²) in [5.41, 5.74) is -0.381. The van der Waals surface area contributed by atoms with Gasteiger partial charge >= 0.3 is 12.1 Å². The standard InChI is InChI=1S/C19H27NO4/c1-13(2)16-10-9-14(3)11-19(16,17(21)22)20-18(23)24-12-15-7-5-4-6-8-15/h4-8,13-14,16H,9-12H2,1-3H3,(H,20,23)(H,21,22). The maximum absolute atomic E-state index is 12.3. The monoisotopic (exact) mass is 333 g/mol. The summed E-state index contributed by atoms with van der Waals surface area (Å²) < 4.78 is 5.26. The summed E-state index contributed by atoms with van der Waals surface area (Å²) in [5.74, 6) is -0.645. The van der Waals surface area contributed by atoms with Crippen molar-refractivity contribution in [1.29, 1.82) is 0 Å². The van der Waals surface area contributed by atoms with Gasteiger partial charge in [-0.2, -0.15) is 0 Å². The number of benzene rings is 1. The molecule has 1 aliphatic rings. The predicted octanol–water partition coefficient (Wildman–Crippen LogP) is 3.83. The Labute approximate surface area is 143 Å². The average molecular weight is 333 g/mol. The molecule has 2 N–H and O–H groups in total. The van der Waals surface area contributed by atoms with Crippen LogP contribution in [0.2, 0.25) is 0 Å². The molecule has 1 aromatic carbocycles. The van der Waals surface area contributed by atoms with E-state index in [-0.39, 0.29) is 24.4 Å². The molecule has 0 heterocycles. The number of nitrogens with one attached hydrogen (secondary N) is 1. The van der Waals surface area contributed by atoms with Crippen LogP contribution in [0.1, 0.15) is 45.6 Å². The van der Waals surface area contributed by atoms with Gasteiger partial charge in [-0.15, -0.1) is 0 Å². The second-order valence-corrected chi connectivity index (χ2v) is 7.20. The van der Waals surface area contributed by atoms with Crippen molar-refractivity contribution >= 4 is 12.1 Å². The average Bonchev–Trinajstić information content (AvgIpc) is 2.53. The smallest absolute Gasteiger partial charge is 0.408 e. The van der Waals surface area contributed by atoms with Crippen LogP contribution in [0.25, 0.3) is 0 Å². The lowest BCUT2D eigenvalue weighted by Gasteiger charge is -2.45. The molecule has 24 heavy (non-hydrogen) atoms. The summed E-state index contributed by atoms with van der Waals surface area (Å²) in [6.45, 7) is 6.18. The number of amides is 1. The van der Waals surface area contributed by atoms with E-state index in [0.29, 0.717) is 6.42 Å². The Hall–Kier alpha value is -2.04. The van der Waals surface area contributed by atoms with Crippen LogP contribution in [-0.2, 0) is 16.1 Å². The van der Waals surface area contributed by atoms with Gasteiger partial charge in [-0.3, -0.25) is 0 Å². The van der Waals surface area contributed by atoms with Crippen LogP contribution in [0.5, 0.6) is 0 Å². The minimum absolute atomic E-state index is 0.101. The molecule has 0 radical (unpaired) electrons. The second kappa shape index (κ2) is 7.69. The molecule has 132 valence electrons. The Kier molecular flexibility index (Phi) is 5.86. The fraction of sp³-hybridized carbons (Fsp3) is 0.579. The van der Waals surface area contributed by atoms with Crippen molar-refractivity contribution in [2.24, 2.45) is 17.8 Å². The first-order valence-electron chi connectivity index (χ1n) is 8.57. The normalized spacial score (nSPS) is 26.8. The zero-order chi connectivity index (χ0) is 17.7. The molecule has 1 amide bonds. The molecular formula is C19H27NO4. The first-order valence-corrected chi connectivity index (χ1v) is 8.57. The highest BCUT2D eigenvalue weighted by Gasteiger charge is 2.51. The molecule has 0 spiro atoms. The van der Waals surface area contributed by atoms with Crippen molar-refractivity contribution in [2.75, 3.05) is 0 Å². The fourth-order valence-electron chi connectivity index (χ4n) is 3.80. The summed E-state index contributed by atoms with van der Waals surface area (Å²) in [6.07, 6.45) is 1.55. The number of hydrogen-bond acceptors (Lipinski definition) is 3. The van der Waals surface area contributed by atoms with Crippen LogP contribution >= 0.6 is 0 Å². The van der Waals surface area contributed by atoms with Crippen molar-refractivity contribution < 1.29 is 19.4 Å². The van der Waals surface area contributed by atoms with Crippen LogP contribution in [-0.4, -0.2) is 22.7 Å². The maximum atomic E-state index is 12.3. The third kappa shape index (κ3) is 4.08. The lowest BCUT2D eigenvalue weighted by molar-refractivity contribution is -0.151. The van der Waals surface area contributed by atoms with Gasteiger partial charge in [0.05, 0.1) is 0 Å². The molecule has 0 aromatic heterocycles. The quantitative estimate of drug-likeness (QED) is 0.858. The lowest BCUT2D eigenvalue weighted by Crippen LogP contribution is -2.63. The molecule has 0 bridgehead atoms. The van der Waals surface area contributed by atoms with Gasteiger partial charge in [-0.1, -0.05) is 57.5 Å². The highest BCUT2D eigenvalue weighted by molar-refractivity contribution is 5.85. The summed E-state index contributed by atoms with van der Waals surface area (Å²) in [7, 11) is 0. The molecule has 3 atom stereocenters. The number of carboxylic acid groups (broad SMARTS) is 1. The van der Waals surface area contributed by atoms with E-state index in [1.54, 1.807) is 0 Å². The second-order valence-electron chi connectivity index (χ2n) is 7.20. The minimum atomic E-state index is -1.25. The maximum Gasteiger partial charge on any atom is 0.408 e. The molecule has 1 aliphatic carbocycles. The zero-order valence-electron chi connectivity index (χ0n) is 14.6. The van der Waals surface area contributed by atoms with E-state index in [2.05, 4.69) is 5.32 Å². The largest absolute Gasteiger partial charge is 0.479 e. The SMILES string of the molecule is CC1CCC(C(C)C)C(NC(=O)OCc2ccccc2)(C(=O)O)C1. The van der Waals surface area contributed by atoms with Crippen molar-refractivity contribution in [3.8, 4) is 0 Å². The van der Waals surface area contributed by atoms with Gasteiger partial charge in [-0.05, 0) is 36.2 Å². The van der Waals surface area contributed by atoms with Crippen molar-refractivity contribution in [1.82, 2.24) is 5.32 Å². The van der Waals surface area contributed by atoms with Crippen molar-refractivity contribution in [3.05, 3.63) is 35.9 Å². The minimum Gasteiger partial charge on any atom is -0.479 e. The topological polar surface area (TPSA) is 75.6 Å². The first-order chi connectivity index (χ1) is 11.3. The van der Waals surface area contributed by atoms with E-state index in [0.717, 1.165) is 18.4 Å². The van der Waals surface area contributed by atoms with E-state index in [1.807, 2.05) is 51.1 Å². The molecular weight excluding hydrogens is 306 g/mol. The molecule has 1 saturated carbocycles. The van der Waals surface area contributed by atoms with E-state index in [1.165, 1.54) is 0 Å². The highest BCUT2D eigenvalue weighted by atomic mass is 16.5. The molecule has 5 nitrogen and oxygen atoms in total. The molecule has 0 saturated heterocycles. The fourth-order valence-corrected chi connectivity index (χ4v) is 3.80. The number of aliphatic carboxylic acids is 1. The Morgan fingerprint density at radius 2 is 1.96 bits per heavy atom. The summed E-state index contributed by atoms with van der Waals surface area (Å²) >= 11 is 0. The van der Waals surface area contributed by atoms with Gasteiger partial charge in [0.25, 0.3) is 0 Å². The highest BCUT2D eigenvalue weighted by Crippen LogP contribution is 2.41. The lowest BCUT2D eigenvalue weighted by atomic mass is 9.65. The number of ether oxygens (including phenoxy) is 1. The van der Waals surface area contributed by atoms with Gasteiger partial charge in [-0.25, -0.2) is 9.59 Å². The Morgan fingerprint density at radius 3 is 2.54 bits per heavy atom. The van der Waals surface area contributed by atoms with Gasteiger partial charge in [0, 0.05) is 0 Å².